The van der Waals surface area contributed by atoms with E-state index in [1.165, 1.54) is 7.11 Å². The van der Waals surface area contributed by atoms with E-state index in [1.54, 1.807) is 6.92 Å². The summed E-state index contributed by atoms with van der Waals surface area (Å²) < 4.78 is 4.76. The summed E-state index contributed by atoms with van der Waals surface area (Å²) in [4.78, 5) is 16.5. The van der Waals surface area contributed by atoms with Gasteiger partial charge in [-0.25, -0.2) is 0 Å². The van der Waals surface area contributed by atoms with Gasteiger partial charge in [-0.05, 0) is 34.1 Å². The summed E-state index contributed by atoms with van der Waals surface area (Å²) in [5, 5.41) is 0. The minimum absolute atomic E-state index is 0.295. The van der Waals surface area contributed by atoms with Crippen LogP contribution in [0, 0.1) is 0 Å². The van der Waals surface area contributed by atoms with Gasteiger partial charge in [-0.3, -0.25) is 14.6 Å². The van der Waals surface area contributed by atoms with Crippen molar-refractivity contribution >= 4 is 5.97 Å². The fourth-order valence-electron chi connectivity index (χ4n) is 2.75. The van der Waals surface area contributed by atoms with Gasteiger partial charge >= 0.3 is 5.97 Å². The molecule has 0 aromatic rings. The molecule has 0 amide bonds. The van der Waals surface area contributed by atoms with E-state index in [0.717, 1.165) is 26.2 Å². The van der Waals surface area contributed by atoms with Gasteiger partial charge in [0.1, 0.15) is 5.54 Å². The number of nitrogens with two attached hydrogens (primary N) is 1. The molecule has 1 fully saturated rings. The molecular weight excluding hydrogens is 242 g/mol. The molecule has 0 aliphatic carbocycles. The summed E-state index contributed by atoms with van der Waals surface area (Å²) >= 11 is 0. The number of methoxy groups -OCH3 is 1. The van der Waals surface area contributed by atoms with Crippen molar-refractivity contribution in [1.82, 2.24) is 9.80 Å². The fourth-order valence-corrected chi connectivity index (χ4v) is 2.75. The molecule has 0 aromatic heterocycles. The van der Waals surface area contributed by atoms with E-state index in [1.807, 2.05) is 0 Å². The number of piperazine rings is 1. The second kappa shape index (κ2) is 6.68. The third-order valence-electron chi connectivity index (χ3n) is 4.07. The van der Waals surface area contributed by atoms with E-state index in [9.17, 15) is 4.79 Å². The molecule has 2 atom stereocenters. The molecule has 0 saturated carbocycles. The smallest absolute Gasteiger partial charge is 0.325 e. The first-order valence-corrected chi connectivity index (χ1v) is 7.13. The lowest BCUT2D eigenvalue weighted by molar-refractivity contribution is -0.147. The zero-order valence-electron chi connectivity index (χ0n) is 13.0. The van der Waals surface area contributed by atoms with Crippen LogP contribution in [0.3, 0.4) is 0 Å². The van der Waals surface area contributed by atoms with E-state index in [2.05, 4.69) is 30.6 Å². The first-order chi connectivity index (χ1) is 8.77. The SMILES string of the molecule is COC(=O)C(C)(N)CC(C)N1CCN(C(C)C)CC1. The van der Waals surface area contributed by atoms with Gasteiger partial charge in [0, 0.05) is 38.3 Å². The molecule has 112 valence electrons. The van der Waals surface area contributed by atoms with Crippen LogP contribution in [0.25, 0.3) is 0 Å². The van der Waals surface area contributed by atoms with E-state index >= 15 is 0 Å². The average Bonchev–Trinajstić information content (AvgIpc) is 2.37. The number of rotatable bonds is 5. The Kier molecular flexibility index (Phi) is 5.77. The van der Waals surface area contributed by atoms with E-state index in [4.69, 9.17) is 10.5 Å². The van der Waals surface area contributed by atoms with Crippen LogP contribution in [0.4, 0.5) is 0 Å². The minimum Gasteiger partial charge on any atom is -0.468 e. The first-order valence-electron chi connectivity index (χ1n) is 7.13. The van der Waals surface area contributed by atoms with Gasteiger partial charge < -0.3 is 10.5 Å². The Morgan fingerprint density at radius 2 is 1.68 bits per heavy atom. The van der Waals surface area contributed by atoms with Gasteiger partial charge in [0.25, 0.3) is 0 Å². The Morgan fingerprint density at radius 3 is 2.11 bits per heavy atom. The molecule has 1 saturated heterocycles. The highest BCUT2D eigenvalue weighted by atomic mass is 16.5. The number of ether oxygens (including phenoxy) is 1. The van der Waals surface area contributed by atoms with Gasteiger partial charge in [-0.2, -0.15) is 0 Å². The van der Waals surface area contributed by atoms with Gasteiger partial charge in [-0.1, -0.05) is 0 Å². The monoisotopic (exact) mass is 271 g/mol. The summed E-state index contributed by atoms with van der Waals surface area (Å²) in [5.41, 5.74) is 5.14. The van der Waals surface area contributed by atoms with Crippen molar-refractivity contribution in [2.45, 2.75) is 51.7 Å². The Balaban J connectivity index is 2.47. The molecule has 1 aliphatic rings. The van der Waals surface area contributed by atoms with Crippen molar-refractivity contribution in [2.75, 3.05) is 33.3 Å². The second-order valence-corrected chi connectivity index (χ2v) is 6.13. The van der Waals surface area contributed by atoms with Crippen LogP contribution in [0.1, 0.15) is 34.1 Å². The van der Waals surface area contributed by atoms with Crippen LogP contribution in [-0.4, -0.2) is 66.7 Å². The molecule has 2 N–H and O–H groups in total. The van der Waals surface area contributed by atoms with Gasteiger partial charge in [0.2, 0.25) is 0 Å². The molecule has 0 spiro atoms. The summed E-state index contributed by atoms with van der Waals surface area (Å²) in [6, 6.07) is 0.899. The number of nitrogens with zero attached hydrogens (tertiary/aromatic N) is 2. The maximum absolute atomic E-state index is 11.6. The zero-order chi connectivity index (χ0) is 14.6. The number of carbonyl (C=O) groups is 1. The Hall–Kier alpha value is -0.650. The van der Waals surface area contributed by atoms with Crippen LogP contribution in [0.15, 0.2) is 0 Å². The van der Waals surface area contributed by atoms with Crippen LogP contribution in [0.5, 0.6) is 0 Å². The number of hydrogen-bond acceptors (Lipinski definition) is 5. The number of carbonyl (C=O) groups excluding carboxylic acids is 1. The lowest BCUT2D eigenvalue weighted by Crippen LogP contribution is -2.55. The highest BCUT2D eigenvalue weighted by Crippen LogP contribution is 2.17. The topological polar surface area (TPSA) is 58.8 Å². The van der Waals surface area contributed by atoms with Crippen molar-refractivity contribution in [2.24, 2.45) is 5.73 Å². The normalized spacial score (nSPS) is 23.1. The van der Waals surface area contributed by atoms with Gasteiger partial charge in [-0.15, -0.1) is 0 Å². The van der Waals surface area contributed by atoms with Crippen LogP contribution < -0.4 is 5.73 Å². The third-order valence-corrected chi connectivity index (χ3v) is 4.07. The molecule has 19 heavy (non-hydrogen) atoms. The fraction of sp³-hybridized carbons (Fsp3) is 0.929. The van der Waals surface area contributed by atoms with Crippen molar-refractivity contribution in [3.8, 4) is 0 Å². The molecular formula is C14H29N3O2. The molecule has 0 radical (unpaired) electrons. The average molecular weight is 271 g/mol. The molecule has 1 rings (SSSR count). The van der Waals surface area contributed by atoms with Crippen LogP contribution >= 0.6 is 0 Å². The van der Waals surface area contributed by atoms with Crippen LogP contribution in [-0.2, 0) is 9.53 Å². The summed E-state index contributed by atoms with van der Waals surface area (Å²) in [7, 11) is 1.39. The maximum Gasteiger partial charge on any atom is 0.325 e. The van der Waals surface area contributed by atoms with Crippen molar-refractivity contribution in [3.63, 3.8) is 0 Å². The Labute approximate surface area is 117 Å². The summed E-state index contributed by atoms with van der Waals surface area (Å²) in [6.45, 7) is 12.6. The minimum atomic E-state index is -0.899. The van der Waals surface area contributed by atoms with Crippen molar-refractivity contribution in [1.29, 1.82) is 0 Å². The summed E-state index contributed by atoms with van der Waals surface area (Å²) in [6.07, 6.45) is 0.626. The lowest BCUT2D eigenvalue weighted by Gasteiger charge is -2.41. The van der Waals surface area contributed by atoms with Crippen LogP contribution in [0.2, 0.25) is 0 Å². The molecule has 1 heterocycles. The van der Waals surface area contributed by atoms with Crippen molar-refractivity contribution < 1.29 is 9.53 Å². The highest BCUT2D eigenvalue weighted by molar-refractivity contribution is 5.79. The van der Waals surface area contributed by atoms with E-state index in [-0.39, 0.29) is 5.97 Å². The van der Waals surface area contributed by atoms with E-state index < -0.39 is 5.54 Å². The molecule has 0 bridgehead atoms. The predicted molar refractivity (Wildman–Crippen MR) is 77.0 cm³/mol. The largest absolute Gasteiger partial charge is 0.468 e. The van der Waals surface area contributed by atoms with Gasteiger partial charge in [0.05, 0.1) is 7.11 Å². The second-order valence-electron chi connectivity index (χ2n) is 6.13. The quantitative estimate of drug-likeness (QED) is 0.745. The lowest BCUT2D eigenvalue weighted by atomic mass is 9.94. The predicted octanol–water partition coefficient (Wildman–Crippen LogP) is 0.681. The van der Waals surface area contributed by atoms with Crippen molar-refractivity contribution in [3.05, 3.63) is 0 Å². The molecule has 2 unspecified atom stereocenters. The molecule has 5 heteroatoms. The number of hydrogen-bond donors (Lipinski definition) is 1. The molecule has 0 aromatic carbocycles. The van der Waals surface area contributed by atoms with E-state index in [0.29, 0.717) is 18.5 Å². The standard InChI is InChI=1S/C14H29N3O2/c1-11(2)16-6-8-17(9-7-16)12(3)10-14(4,15)13(18)19-5/h11-12H,6-10,15H2,1-5H3. The Morgan fingerprint density at radius 1 is 1.21 bits per heavy atom. The first kappa shape index (κ1) is 16.4. The third kappa shape index (κ3) is 4.44. The maximum atomic E-state index is 11.6. The van der Waals surface area contributed by atoms with Gasteiger partial charge in [0.15, 0.2) is 0 Å². The molecule has 1 aliphatic heterocycles. The zero-order valence-corrected chi connectivity index (χ0v) is 13.0. The Bertz CT molecular complexity index is 297. The molecule has 5 nitrogen and oxygen atoms in total. The highest BCUT2D eigenvalue weighted by Gasteiger charge is 2.34. The number of esters is 1. The summed E-state index contributed by atoms with van der Waals surface area (Å²) in [5.74, 6) is -0.333.